The van der Waals surface area contributed by atoms with Crippen molar-refractivity contribution in [2.24, 2.45) is 7.05 Å². The maximum absolute atomic E-state index is 9.01. The van der Waals surface area contributed by atoms with Crippen molar-refractivity contribution < 1.29 is 4.74 Å². The minimum Gasteiger partial charge on any atom is -0.496 e. The van der Waals surface area contributed by atoms with Crippen LogP contribution in [0.2, 0.25) is 0 Å². The molecule has 0 amide bonds. The topological polar surface area (TPSA) is 50.8 Å². The molecule has 3 aromatic rings. The monoisotopic (exact) mass is 341 g/mol. The van der Waals surface area contributed by atoms with Crippen molar-refractivity contribution in [3.63, 3.8) is 0 Å². The normalized spacial score (nSPS) is 10.6. The second-order valence-electron chi connectivity index (χ2n) is 4.66. The first-order chi connectivity index (χ1) is 10.1. The first-order valence-corrected chi connectivity index (χ1v) is 7.14. The van der Waals surface area contributed by atoms with E-state index in [-0.39, 0.29) is 0 Å². The van der Waals surface area contributed by atoms with Gasteiger partial charge < -0.3 is 9.30 Å². The van der Waals surface area contributed by atoms with Gasteiger partial charge in [-0.2, -0.15) is 5.26 Å². The van der Waals surface area contributed by atoms with Gasteiger partial charge in [0.2, 0.25) is 0 Å². The van der Waals surface area contributed by atoms with Crippen molar-refractivity contribution >= 4 is 27.0 Å². The van der Waals surface area contributed by atoms with E-state index in [9.17, 15) is 0 Å². The lowest BCUT2D eigenvalue weighted by atomic mass is 10.2. The summed E-state index contributed by atoms with van der Waals surface area (Å²) in [6.45, 7) is 0. The van der Waals surface area contributed by atoms with Crippen LogP contribution in [0.25, 0.3) is 22.4 Å². The first-order valence-electron chi connectivity index (χ1n) is 6.34. The van der Waals surface area contributed by atoms with Crippen LogP contribution in [0, 0.1) is 11.3 Å². The Morgan fingerprint density at radius 3 is 2.71 bits per heavy atom. The van der Waals surface area contributed by atoms with Gasteiger partial charge in [0.1, 0.15) is 11.6 Å². The molecular formula is C16H12BrN3O. The molecule has 1 heterocycles. The summed E-state index contributed by atoms with van der Waals surface area (Å²) in [6, 6.07) is 13.5. The third-order valence-corrected chi connectivity index (χ3v) is 4.04. The third kappa shape index (κ3) is 2.28. The summed E-state index contributed by atoms with van der Waals surface area (Å²) in [5.41, 5.74) is 3.43. The highest BCUT2D eigenvalue weighted by Crippen LogP contribution is 2.31. The van der Waals surface area contributed by atoms with Crippen molar-refractivity contribution in [1.29, 1.82) is 5.26 Å². The average molecular weight is 342 g/mol. The van der Waals surface area contributed by atoms with Gasteiger partial charge in [0.05, 0.1) is 34.2 Å². The van der Waals surface area contributed by atoms with Crippen LogP contribution in [0.1, 0.15) is 5.56 Å². The SMILES string of the molecule is COc1ccc(-c2nc3ccc(C#N)cc3n2C)cc1Br. The molecule has 0 unspecified atom stereocenters. The van der Waals surface area contributed by atoms with Crippen molar-refractivity contribution in [3.05, 3.63) is 46.4 Å². The molecule has 0 spiro atoms. The number of rotatable bonds is 2. The number of ether oxygens (including phenoxy) is 1. The predicted octanol–water partition coefficient (Wildman–Crippen LogP) is 3.88. The van der Waals surface area contributed by atoms with Gasteiger partial charge in [0.25, 0.3) is 0 Å². The molecule has 0 N–H and O–H groups in total. The molecule has 0 saturated carbocycles. The fourth-order valence-corrected chi connectivity index (χ4v) is 2.86. The number of methoxy groups -OCH3 is 1. The molecule has 0 aliphatic rings. The van der Waals surface area contributed by atoms with E-state index in [2.05, 4.69) is 27.0 Å². The maximum Gasteiger partial charge on any atom is 0.140 e. The van der Waals surface area contributed by atoms with Crippen LogP contribution in [0.3, 0.4) is 0 Å². The van der Waals surface area contributed by atoms with Crippen LogP contribution in [-0.4, -0.2) is 16.7 Å². The molecule has 5 heteroatoms. The molecule has 0 bridgehead atoms. The number of halogens is 1. The van der Waals surface area contributed by atoms with Crippen LogP contribution in [0.4, 0.5) is 0 Å². The molecule has 3 rings (SSSR count). The Hall–Kier alpha value is -2.32. The number of benzene rings is 2. The fourth-order valence-electron chi connectivity index (χ4n) is 2.32. The van der Waals surface area contributed by atoms with Crippen LogP contribution in [-0.2, 0) is 7.05 Å². The lowest BCUT2D eigenvalue weighted by Gasteiger charge is -2.06. The highest BCUT2D eigenvalue weighted by molar-refractivity contribution is 9.10. The minimum absolute atomic E-state index is 0.632. The van der Waals surface area contributed by atoms with Crippen molar-refractivity contribution in [2.45, 2.75) is 0 Å². The zero-order valence-corrected chi connectivity index (χ0v) is 13.2. The largest absolute Gasteiger partial charge is 0.496 e. The molecule has 0 fully saturated rings. The van der Waals surface area contributed by atoms with Gasteiger partial charge in [-0.15, -0.1) is 0 Å². The number of aromatic nitrogens is 2. The van der Waals surface area contributed by atoms with E-state index < -0.39 is 0 Å². The summed E-state index contributed by atoms with van der Waals surface area (Å²) in [4.78, 5) is 4.65. The number of nitriles is 1. The first kappa shape index (κ1) is 13.7. The predicted molar refractivity (Wildman–Crippen MR) is 85.1 cm³/mol. The molecule has 0 radical (unpaired) electrons. The Morgan fingerprint density at radius 1 is 1.24 bits per heavy atom. The van der Waals surface area contributed by atoms with Gasteiger partial charge in [-0.3, -0.25) is 0 Å². The Balaban J connectivity index is 2.19. The highest BCUT2D eigenvalue weighted by atomic mass is 79.9. The molecular weight excluding hydrogens is 330 g/mol. The van der Waals surface area contributed by atoms with Crippen molar-refractivity contribution in [2.75, 3.05) is 7.11 Å². The Morgan fingerprint density at radius 2 is 2.05 bits per heavy atom. The molecule has 0 aliphatic heterocycles. The minimum atomic E-state index is 0.632. The fraction of sp³-hybridized carbons (Fsp3) is 0.125. The Labute approximate surface area is 130 Å². The summed E-state index contributed by atoms with van der Waals surface area (Å²) in [6.07, 6.45) is 0. The van der Waals surface area contributed by atoms with Crippen LogP contribution >= 0.6 is 15.9 Å². The lowest BCUT2D eigenvalue weighted by molar-refractivity contribution is 0.412. The lowest BCUT2D eigenvalue weighted by Crippen LogP contribution is -1.93. The third-order valence-electron chi connectivity index (χ3n) is 3.42. The number of hydrogen-bond donors (Lipinski definition) is 0. The molecule has 0 aliphatic carbocycles. The van der Waals surface area contributed by atoms with E-state index in [0.717, 1.165) is 32.6 Å². The summed E-state index contributed by atoms with van der Waals surface area (Å²) < 4.78 is 8.12. The number of fused-ring (bicyclic) bond motifs is 1. The molecule has 104 valence electrons. The molecule has 0 saturated heterocycles. The zero-order chi connectivity index (χ0) is 15.0. The van der Waals surface area contributed by atoms with Crippen molar-refractivity contribution in [1.82, 2.24) is 9.55 Å². The smallest absolute Gasteiger partial charge is 0.140 e. The molecule has 21 heavy (non-hydrogen) atoms. The quantitative estimate of drug-likeness (QED) is 0.710. The molecule has 0 atom stereocenters. The molecule has 2 aromatic carbocycles. The van der Waals surface area contributed by atoms with Gasteiger partial charge in [-0.05, 0) is 52.3 Å². The average Bonchev–Trinajstić information content (AvgIpc) is 2.83. The van der Waals surface area contributed by atoms with Crippen LogP contribution < -0.4 is 4.74 Å². The summed E-state index contributed by atoms with van der Waals surface area (Å²) in [5, 5.41) is 9.01. The van der Waals surface area contributed by atoms with E-state index in [0.29, 0.717) is 5.56 Å². The zero-order valence-electron chi connectivity index (χ0n) is 11.6. The standard InChI is InChI=1S/C16H12BrN3O/c1-20-14-7-10(9-18)3-5-13(14)19-16(20)11-4-6-15(21-2)12(17)8-11/h3-8H,1-2H3. The number of imidazole rings is 1. The van der Waals surface area contributed by atoms with Crippen molar-refractivity contribution in [3.8, 4) is 23.2 Å². The van der Waals surface area contributed by atoms with Gasteiger partial charge in [-0.25, -0.2) is 4.98 Å². The number of aryl methyl sites for hydroxylation is 1. The second-order valence-corrected chi connectivity index (χ2v) is 5.51. The molecule has 4 nitrogen and oxygen atoms in total. The highest BCUT2D eigenvalue weighted by Gasteiger charge is 2.12. The van der Waals surface area contributed by atoms with Gasteiger partial charge in [0.15, 0.2) is 0 Å². The summed E-state index contributed by atoms with van der Waals surface area (Å²) in [5.74, 6) is 1.63. The van der Waals surface area contributed by atoms with E-state index in [1.165, 1.54) is 0 Å². The van der Waals surface area contributed by atoms with E-state index >= 15 is 0 Å². The molecule has 1 aromatic heterocycles. The number of hydrogen-bond acceptors (Lipinski definition) is 3. The van der Waals surface area contributed by atoms with E-state index in [1.807, 2.05) is 41.9 Å². The van der Waals surface area contributed by atoms with E-state index in [4.69, 9.17) is 10.00 Å². The summed E-state index contributed by atoms with van der Waals surface area (Å²) in [7, 11) is 3.59. The van der Waals surface area contributed by atoms with Gasteiger partial charge in [-0.1, -0.05) is 0 Å². The Kier molecular flexibility index (Phi) is 3.40. The summed E-state index contributed by atoms with van der Waals surface area (Å²) >= 11 is 3.49. The van der Waals surface area contributed by atoms with Crippen LogP contribution in [0.5, 0.6) is 5.75 Å². The van der Waals surface area contributed by atoms with Gasteiger partial charge >= 0.3 is 0 Å². The van der Waals surface area contributed by atoms with E-state index in [1.54, 1.807) is 13.2 Å². The maximum atomic E-state index is 9.01. The number of nitrogens with zero attached hydrogens (tertiary/aromatic N) is 3. The van der Waals surface area contributed by atoms with Crippen LogP contribution in [0.15, 0.2) is 40.9 Å². The second kappa shape index (κ2) is 5.23. The van der Waals surface area contributed by atoms with Gasteiger partial charge in [0, 0.05) is 12.6 Å². The Bertz CT molecular complexity index is 877.